The molecule has 0 bridgehead atoms. The molecule has 1 heterocycles. The van der Waals surface area contributed by atoms with E-state index in [9.17, 15) is 24.6 Å². The first-order valence-corrected chi connectivity index (χ1v) is 14.0. The lowest BCUT2D eigenvalue weighted by atomic mass is 9.98. The van der Waals surface area contributed by atoms with Crippen molar-refractivity contribution >= 4 is 29.3 Å². The van der Waals surface area contributed by atoms with E-state index < -0.39 is 24.1 Å². The number of hydrogen-bond acceptors (Lipinski definition) is 7. The maximum atomic E-state index is 13.7. The third kappa shape index (κ3) is 7.82. The van der Waals surface area contributed by atoms with Gasteiger partial charge in [0.05, 0.1) is 36.6 Å². The summed E-state index contributed by atoms with van der Waals surface area (Å²) < 4.78 is 11.7. The molecule has 43 heavy (non-hydrogen) atoms. The van der Waals surface area contributed by atoms with Crippen molar-refractivity contribution in [3.05, 3.63) is 83.4 Å². The highest BCUT2D eigenvalue weighted by atomic mass is 16.5. The molecule has 0 aliphatic carbocycles. The number of amides is 3. The highest BCUT2D eigenvalue weighted by molar-refractivity contribution is 6.04. The van der Waals surface area contributed by atoms with E-state index >= 15 is 0 Å². The number of carboxylic acid groups (broad SMARTS) is 1. The van der Waals surface area contributed by atoms with E-state index in [1.54, 1.807) is 85.7 Å². The Morgan fingerprint density at radius 3 is 2.42 bits per heavy atom. The van der Waals surface area contributed by atoms with Gasteiger partial charge in [-0.25, -0.2) is 9.59 Å². The van der Waals surface area contributed by atoms with Crippen LogP contribution < -0.4 is 20.1 Å². The molecule has 3 aromatic carbocycles. The van der Waals surface area contributed by atoms with Crippen molar-refractivity contribution in [1.82, 2.24) is 9.80 Å². The summed E-state index contributed by atoms with van der Waals surface area (Å²) in [6.45, 7) is 4.96. The van der Waals surface area contributed by atoms with E-state index in [4.69, 9.17) is 9.47 Å². The normalized spacial score (nSPS) is 17.3. The van der Waals surface area contributed by atoms with Crippen molar-refractivity contribution in [2.24, 2.45) is 5.92 Å². The number of carbonyl (C=O) groups is 3. The molecule has 0 saturated carbocycles. The number of nitrogens with one attached hydrogen (secondary N) is 2. The fourth-order valence-corrected chi connectivity index (χ4v) is 4.95. The first-order valence-electron chi connectivity index (χ1n) is 14.0. The van der Waals surface area contributed by atoms with Crippen molar-refractivity contribution in [1.29, 1.82) is 0 Å². The monoisotopic (exact) mass is 590 g/mol. The predicted octanol–water partition coefficient (Wildman–Crippen LogP) is 4.39. The highest BCUT2D eigenvalue weighted by Crippen LogP contribution is 2.35. The van der Waals surface area contributed by atoms with E-state index in [1.165, 1.54) is 0 Å². The van der Waals surface area contributed by atoms with Gasteiger partial charge >= 0.3 is 12.0 Å². The van der Waals surface area contributed by atoms with Crippen LogP contribution in [0.3, 0.4) is 0 Å². The van der Waals surface area contributed by atoms with Crippen LogP contribution in [-0.4, -0.2) is 83.9 Å². The Bertz CT molecular complexity index is 1430. The topological polar surface area (TPSA) is 141 Å². The van der Waals surface area contributed by atoms with E-state index in [0.717, 1.165) is 5.56 Å². The van der Waals surface area contributed by atoms with E-state index in [0.29, 0.717) is 36.8 Å². The molecular formula is C32H38N4O7. The number of hydrogen-bond donors (Lipinski definition) is 4. The van der Waals surface area contributed by atoms with Gasteiger partial charge in [0, 0.05) is 31.2 Å². The number of methoxy groups -OCH3 is 1. The van der Waals surface area contributed by atoms with Crippen LogP contribution in [0.5, 0.6) is 11.5 Å². The molecule has 3 aromatic rings. The second-order valence-electron chi connectivity index (χ2n) is 10.8. The lowest BCUT2D eigenvalue weighted by molar-refractivity contribution is 0.0343. The minimum Gasteiger partial charge on any atom is -0.497 e. The van der Waals surface area contributed by atoms with Gasteiger partial charge in [-0.05, 0) is 68.1 Å². The van der Waals surface area contributed by atoms with Crippen LogP contribution in [0.1, 0.15) is 40.1 Å². The molecule has 0 fully saturated rings. The molecule has 0 saturated heterocycles. The maximum absolute atomic E-state index is 13.7. The molecule has 3 atom stereocenters. The molecule has 4 N–H and O–H groups in total. The number of benzene rings is 3. The third-order valence-corrected chi connectivity index (χ3v) is 7.43. The number of nitrogens with zero attached hydrogens (tertiary/aromatic N) is 2. The van der Waals surface area contributed by atoms with E-state index in [1.807, 2.05) is 14.0 Å². The molecule has 1 aliphatic heterocycles. The second-order valence-corrected chi connectivity index (χ2v) is 10.8. The molecule has 0 aromatic heterocycles. The van der Waals surface area contributed by atoms with Crippen LogP contribution in [0.4, 0.5) is 16.2 Å². The number of aromatic carboxylic acids is 1. The first kappa shape index (κ1) is 31.3. The fraction of sp³-hybridized carbons (Fsp3) is 0.344. The lowest BCUT2D eigenvalue weighted by Gasteiger charge is -2.38. The number of aliphatic hydroxyl groups excluding tert-OH is 1. The quantitative estimate of drug-likeness (QED) is 0.273. The van der Waals surface area contributed by atoms with Crippen molar-refractivity contribution in [2.75, 3.05) is 44.5 Å². The molecule has 1 aliphatic rings. The highest BCUT2D eigenvalue weighted by Gasteiger charge is 2.34. The Hall–Kier alpha value is -4.61. The van der Waals surface area contributed by atoms with Crippen LogP contribution in [0.25, 0.3) is 0 Å². The van der Waals surface area contributed by atoms with Gasteiger partial charge in [0.25, 0.3) is 5.91 Å². The molecule has 3 amide bonds. The van der Waals surface area contributed by atoms with Gasteiger partial charge in [-0.1, -0.05) is 25.1 Å². The van der Waals surface area contributed by atoms with E-state index in [-0.39, 0.29) is 35.3 Å². The van der Waals surface area contributed by atoms with Crippen LogP contribution >= 0.6 is 0 Å². The standard InChI is InChI=1S/C32H38N4O7/c1-20-16-36(21(2)19-37)30(38)26-6-5-7-27(34-32(41)33-24-12-14-25(42-4)15-13-24)29(26)43-28(20)18-35(3)17-22-8-10-23(11-9-22)31(39)40/h5-15,20-21,28,37H,16-19H2,1-4H3,(H,39,40)(H2,33,34,41)/t20-,21+,28-/m0/s1. The molecular weight excluding hydrogens is 552 g/mol. The maximum Gasteiger partial charge on any atom is 0.335 e. The van der Waals surface area contributed by atoms with Crippen LogP contribution in [0, 0.1) is 5.92 Å². The van der Waals surface area contributed by atoms with Gasteiger partial charge in [-0.15, -0.1) is 0 Å². The molecule has 0 unspecified atom stereocenters. The molecule has 0 spiro atoms. The average Bonchev–Trinajstić information content (AvgIpc) is 2.99. The fourth-order valence-electron chi connectivity index (χ4n) is 4.95. The Labute approximate surface area is 251 Å². The van der Waals surface area contributed by atoms with Gasteiger partial charge in [0.1, 0.15) is 11.9 Å². The summed E-state index contributed by atoms with van der Waals surface area (Å²) in [5.41, 5.74) is 2.33. The van der Waals surface area contributed by atoms with Crippen LogP contribution in [-0.2, 0) is 6.54 Å². The number of carbonyl (C=O) groups excluding carboxylic acids is 2. The van der Waals surface area contributed by atoms with Gasteiger partial charge in [-0.2, -0.15) is 0 Å². The number of likely N-dealkylation sites (N-methyl/N-ethyl adjacent to an activating group) is 1. The van der Waals surface area contributed by atoms with Crippen LogP contribution in [0.15, 0.2) is 66.7 Å². The zero-order valence-corrected chi connectivity index (χ0v) is 24.7. The summed E-state index contributed by atoms with van der Waals surface area (Å²) >= 11 is 0. The van der Waals surface area contributed by atoms with Gasteiger partial charge in [-0.3, -0.25) is 9.69 Å². The number of urea groups is 1. The molecule has 4 rings (SSSR count). The number of anilines is 2. The Morgan fingerprint density at radius 2 is 1.79 bits per heavy atom. The largest absolute Gasteiger partial charge is 0.497 e. The van der Waals surface area contributed by atoms with Crippen molar-refractivity contribution in [3.63, 3.8) is 0 Å². The zero-order valence-electron chi connectivity index (χ0n) is 24.7. The number of rotatable bonds is 10. The average molecular weight is 591 g/mol. The second kappa shape index (κ2) is 14.0. The van der Waals surface area contributed by atoms with E-state index in [2.05, 4.69) is 15.5 Å². The summed E-state index contributed by atoms with van der Waals surface area (Å²) in [4.78, 5) is 41.6. The van der Waals surface area contributed by atoms with Gasteiger partial charge in [0.2, 0.25) is 0 Å². The number of fused-ring (bicyclic) bond motifs is 1. The number of ether oxygens (including phenoxy) is 2. The number of para-hydroxylation sites is 1. The van der Waals surface area contributed by atoms with Crippen LogP contribution in [0.2, 0.25) is 0 Å². The molecule has 11 nitrogen and oxygen atoms in total. The molecule has 228 valence electrons. The van der Waals surface area contributed by atoms with Gasteiger partial charge < -0.3 is 35.2 Å². The van der Waals surface area contributed by atoms with Crippen molar-refractivity contribution in [2.45, 2.75) is 32.5 Å². The Morgan fingerprint density at radius 1 is 1.09 bits per heavy atom. The smallest absolute Gasteiger partial charge is 0.335 e. The Balaban J connectivity index is 1.59. The minimum absolute atomic E-state index is 0.135. The van der Waals surface area contributed by atoms with Gasteiger partial charge in [0.15, 0.2) is 5.75 Å². The Kier molecular flexibility index (Phi) is 10.2. The predicted molar refractivity (Wildman–Crippen MR) is 163 cm³/mol. The first-order chi connectivity index (χ1) is 20.6. The summed E-state index contributed by atoms with van der Waals surface area (Å²) in [7, 11) is 3.50. The third-order valence-electron chi connectivity index (χ3n) is 7.43. The van der Waals surface area contributed by atoms with Crippen molar-refractivity contribution < 1.29 is 34.1 Å². The molecule has 0 radical (unpaired) electrons. The molecule has 11 heteroatoms. The zero-order chi connectivity index (χ0) is 31.1. The number of aliphatic hydroxyl groups is 1. The summed E-state index contributed by atoms with van der Waals surface area (Å²) in [5, 5.41) is 24.7. The van der Waals surface area contributed by atoms with Crippen molar-refractivity contribution in [3.8, 4) is 11.5 Å². The SMILES string of the molecule is COc1ccc(NC(=O)Nc2cccc3c2O[C@@H](CN(C)Cc2ccc(C(=O)O)cc2)[C@@H](C)CN([C@H](C)CO)C3=O)cc1. The number of carboxylic acids is 1. The summed E-state index contributed by atoms with van der Waals surface area (Å²) in [6, 6.07) is 17.7. The lowest BCUT2D eigenvalue weighted by Crippen LogP contribution is -2.49. The minimum atomic E-state index is -0.978. The summed E-state index contributed by atoms with van der Waals surface area (Å²) in [6.07, 6.45) is -0.392. The summed E-state index contributed by atoms with van der Waals surface area (Å²) in [5.74, 6) is -0.500.